The minimum absolute atomic E-state index is 0.0271. The molecule has 1 aliphatic rings. The number of aliphatic hydroxyl groups excluding tert-OH is 1. The smallest absolute Gasteiger partial charge is 0.259 e. The van der Waals surface area contributed by atoms with Crippen molar-refractivity contribution in [2.45, 2.75) is 31.4 Å². The molecule has 150 valence electrons. The fraction of sp³-hybridized carbons (Fsp3) is 0.450. The van der Waals surface area contributed by atoms with Gasteiger partial charge in [0, 0.05) is 32.7 Å². The first-order chi connectivity index (χ1) is 13.6. The van der Waals surface area contributed by atoms with E-state index in [0.29, 0.717) is 18.9 Å². The van der Waals surface area contributed by atoms with Gasteiger partial charge in [0.1, 0.15) is 5.82 Å². The van der Waals surface area contributed by atoms with Gasteiger partial charge in [-0.2, -0.15) is 5.10 Å². The highest BCUT2D eigenvalue weighted by atomic mass is 16.5. The number of amides is 2. The van der Waals surface area contributed by atoms with Gasteiger partial charge in [-0.25, -0.2) is 4.68 Å². The molecule has 2 N–H and O–H groups in total. The highest BCUT2D eigenvalue weighted by molar-refractivity contribution is 5.94. The molecule has 1 aromatic carbocycles. The van der Waals surface area contributed by atoms with Gasteiger partial charge in [0.15, 0.2) is 6.10 Å². The number of aliphatic hydroxyl groups is 1. The number of carbonyl (C=O) groups is 2. The van der Waals surface area contributed by atoms with Crippen LogP contribution in [0.3, 0.4) is 0 Å². The first kappa shape index (κ1) is 20.0. The number of anilines is 1. The van der Waals surface area contributed by atoms with Crippen LogP contribution in [0.1, 0.15) is 37.0 Å². The summed E-state index contributed by atoms with van der Waals surface area (Å²) in [6.45, 7) is 1.10. The van der Waals surface area contributed by atoms with Gasteiger partial charge in [0.25, 0.3) is 5.91 Å². The van der Waals surface area contributed by atoms with Crippen molar-refractivity contribution in [1.82, 2.24) is 14.7 Å². The number of hydrogen-bond donors (Lipinski definition) is 2. The zero-order valence-electron chi connectivity index (χ0n) is 16.0. The molecule has 1 unspecified atom stereocenters. The van der Waals surface area contributed by atoms with Crippen LogP contribution in [0, 0.1) is 0 Å². The Morgan fingerprint density at radius 1 is 1.25 bits per heavy atom. The summed E-state index contributed by atoms with van der Waals surface area (Å²) in [7, 11) is 1.51. The van der Waals surface area contributed by atoms with Crippen molar-refractivity contribution in [1.29, 1.82) is 0 Å². The number of piperidine rings is 1. The Kier molecular flexibility index (Phi) is 6.78. The van der Waals surface area contributed by atoms with Crippen LogP contribution in [0.5, 0.6) is 0 Å². The highest BCUT2D eigenvalue weighted by Gasteiger charge is 2.27. The van der Waals surface area contributed by atoms with E-state index in [-0.39, 0.29) is 30.9 Å². The maximum atomic E-state index is 12.7. The molecule has 0 spiro atoms. The van der Waals surface area contributed by atoms with Crippen LogP contribution in [-0.2, 0) is 14.3 Å². The molecule has 3 rings (SSSR count). The van der Waals surface area contributed by atoms with E-state index in [4.69, 9.17) is 9.84 Å². The van der Waals surface area contributed by atoms with Gasteiger partial charge in [-0.05, 0) is 18.4 Å². The number of likely N-dealkylation sites (tertiary alicyclic amines) is 1. The van der Waals surface area contributed by atoms with Gasteiger partial charge in [0.2, 0.25) is 5.91 Å². The van der Waals surface area contributed by atoms with Gasteiger partial charge < -0.3 is 20.1 Å². The van der Waals surface area contributed by atoms with Crippen molar-refractivity contribution in [3.8, 4) is 0 Å². The Balaban J connectivity index is 1.64. The lowest BCUT2D eigenvalue weighted by Crippen LogP contribution is -2.39. The Bertz CT molecular complexity index is 785. The molecule has 2 amide bonds. The van der Waals surface area contributed by atoms with Crippen LogP contribution in [-0.4, -0.2) is 58.4 Å². The molecule has 8 heteroatoms. The number of nitrogens with zero attached hydrogens (tertiary/aromatic N) is 3. The molecule has 2 heterocycles. The summed E-state index contributed by atoms with van der Waals surface area (Å²) in [6, 6.07) is 11.2. The van der Waals surface area contributed by atoms with Crippen molar-refractivity contribution in [2.24, 2.45) is 0 Å². The number of benzene rings is 1. The number of rotatable bonds is 7. The molecule has 1 atom stereocenters. The van der Waals surface area contributed by atoms with Gasteiger partial charge in [-0.1, -0.05) is 30.3 Å². The van der Waals surface area contributed by atoms with Crippen molar-refractivity contribution in [3.63, 3.8) is 0 Å². The summed E-state index contributed by atoms with van der Waals surface area (Å²) in [5.74, 6) is 0.329. The number of methoxy groups -OCH3 is 1. The lowest BCUT2D eigenvalue weighted by atomic mass is 10.0. The molecule has 0 aliphatic carbocycles. The Hall–Kier alpha value is -2.71. The monoisotopic (exact) mass is 386 g/mol. The number of hydrogen-bond acceptors (Lipinski definition) is 5. The second-order valence-corrected chi connectivity index (χ2v) is 6.76. The van der Waals surface area contributed by atoms with Crippen LogP contribution < -0.4 is 5.32 Å². The third kappa shape index (κ3) is 4.58. The van der Waals surface area contributed by atoms with E-state index >= 15 is 0 Å². The molecule has 1 aliphatic heterocycles. The zero-order chi connectivity index (χ0) is 19.9. The SMILES string of the molecule is COC(C(=O)Nc1ccnn1C1CCN(C(=O)CCO)CC1)c1ccccc1. The van der Waals surface area contributed by atoms with Crippen molar-refractivity contribution >= 4 is 17.6 Å². The fourth-order valence-corrected chi connectivity index (χ4v) is 3.53. The van der Waals surface area contributed by atoms with Crippen LogP contribution in [0.25, 0.3) is 0 Å². The largest absolute Gasteiger partial charge is 0.396 e. The Morgan fingerprint density at radius 2 is 1.96 bits per heavy atom. The summed E-state index contributed by atoms with van der Waals surface area (Å²) in [5, 5.41) is 16.2. The van der Waals surface area contributed by atoms with Gasteiger partial charge >= 0.3 is 0 Å². The van der Waals surface area contributed by atoms with Crippen LogP contribution in [0.15, 0.2) is 42.6 Å². The van der Waals surface area contributed by atoms with E-state index in [2.05, 4.69) is 10.4 Å². The molecule has 8 nitrogen and oxygen atoms in total. The average Bonchev–Trinajstić information content (AvgIpc) is 3.17. The molecule has 1 aromatic heterocycles. The molecular formula is C20H26N4O4. The molecule has 1 saturated heterocycles. The third-order valence-corrected chi connectivity index (χ3v) is 4.99. The molecule has 2 aromatic rings. The van der Waals surface area contributed by atoms with Crippen LogP contribution in [0.4, 0.5) is 5.82 Å². The highest BCUT2D eigenvalue weighted by Crippen LogP contribution is 2.27. The molecule has 1 fully saturated rings. The topological polar surface area (TPSA) is 96.7 Å². The Morgan fingerprint density at radius 3 is 2.61 bits per heavy atom. The minimum Gasteiger partial charge on any atom is -0.396 e. The average molecular weight is 386 g/mol. The predicted molar refractivity (Wildman–Crippen MR) is 104 cm³/mol. The molecule has 0 radical (unpaired) electrons. The zero-order valence-corrected chi connectivity index (χ0v) is 16.0. The number of carbonyl (C=O) groups excluding carboxylic acids is 2. The van der Waals surface area contributed by atoms with E-state index in [1.165, 1.54) is 7.11 Å². The van der Waals surface area contributed by atoms with E-state index < -0.39 is 6.10 Å². The quantitative estimate of drug-likeness (QED) is 0.756. The fourth-order valence-electron chi connectivity index (χ4n) is 3.53. The maximum Gasteiger partial charge on any atom is 0.259 e. The summed E-state index contributed by atoms with van der Waals surface area (Å²) in [4.78, 5) is 26.4. The van der Waals surface area contributed by atoms with Crippen molar-refractivity contribution < 1.29 is 19.4 Å². The predicted octanol–water partition coefficient (Wildman–Crippen LogP) is 1.76. The van der Waals surface area contributed by atoms with Gasteiger partial charge in [-0.15, -0.1) is 0 Å². The van der Waals surface area contributed by atoms with E-state index in [1.807, 2.05) is 35.0 Å². The Labute approximate surface area is 164 Å². The third-order valence-electron chi connectivity index (χ3n) is 4.99. The summed E-state index contributed by atoms with van der Waals surface area (Å²) in [6.07, 6.45) is 2.60. The van der Waals surface area contributed by atoms with Crippen molar-refractivity contribution in [3.05, 3.63) is 48.2 Å². The molecule has 0 saturated carbocycles. The number of ether oxygens (including phenoxy) is 1. The van der Waals surface area contributed by atoms with Crippen LogP contribution in [0.2, 0.25) is 0 Å². The summed E-state index contributed by atoms with van der Waals surface area (Å²) >= 11 is 0. The lowest BCUT2D eigenvalue weighted by Gasteiger charge is -2.32. The van der Waals surface area contributed by atoms with Crippen LogP contribution >= 0.6 is 0 Å². The van der Waals surface area contributed by atoms with Gasteiger partial charge in [0.05, 0.1) is 18.8 Å². The maximum absolute atomic E-state index is 12.7. The first-order valence-corrected chi connectivity index (χ1v) is 9.44. The molecular weight excluding hydrogens is 360 g/mol. The van der Waals surface area contributed by atoms with E-state index in [1.54, 1.807) is 17.2 Å². The first-order valence-electron chi connectivity index (χ1n) is 9.44. The number of aromatic nitrogens is 2. The van der Waals surface area contributed by atoms with Crippen molar-refractivity contribution in [2.75, 3.05) is 32.1 Å². The normalized spacial score (nSPS) is 16.0. The second-order valence-electron chi connectivity index (χ2n) is 6.76. The summed E-state index contributed by atoms with van der Waals surface area (Å²) in [5.41, 5.74) is 0.782. The van der Waals surface area contributed by atoms with Gasteiger partial charge in [-0.3, -0.25) is 9.59 Å². The molecule has 28 heavy (non-hydrogen) atoms. The minimum atomic E-state index is -0.706. The molecule has 0 bridgehead atoms. The van der Waals surface area contributed by atoms with E-state index in [9.17, 15) is 9.59 Å². The number of nitrogens with one attached hydrogen (secondary N) is 1. The summed E-state index contributed by atoms with van der Waals surface area (Å²) < 4.78 is 7.20. The lowest BCUT2D eigenvalue weighted by molar-refractivity contribution is -0.133. The van der Waals surface area contributed by atoms with E-state index in [0.717, 1.165) is 18.4 Å². The standard InChI is InChI=1S/C20H26N4O4/c1-28-19(15-5-3-2-4-6-15)20(27)22-17-7-11-21-24(17)16-8-12-23(13-9-16)18(26)10-14-25/h2-7,11,16,19,25H,8-10,12-14H2,1H3,(H,22,27). The second kappa shape index (κ2) is 9.48.